The van der Waals surface area contributed by atoms with E-state index in [1.165, 1.54) is 6.07 Å². The Bertz CT molecular complexity index is 347. The summed E-state index contributed by atoms with van der Waals surface area (Å²) in [5, 5.41) is 2.80. The molecular formula is C10H14FN3. The lowest BCUT2D eigenvalue weighted by Gasteiger charge is -2.05. The van der Waals surface area contributed by atoms with Gasteiger partial charge < -0.3 is 11.1 Å². The van der Waals surface area contributed by atoms with Crippen LogP contribution in [0.2, 0.25) is 0 Å². The topological polar surface area (TPSA) is 50.4 Å². The largest absolute Gasteiger partial charge is 0.370 e. The van der Waals surface area contributed by atoms with E-state index in [-0.39, 0.29) is 5.82 Å². The van der Waals surface area contributed by atoms with Crippen molar-refractivity contribution in [1.29, 1.82) is 0 Å². The Morgan fingerprint density at radius 1 is 1.57 bits per heavy atom. The first-order chi connectivity index (χ1) is 6.63. The lowest BCUT2D eigenvalue weighted by atomic mass is 10.2. The van der Waals surface area contributed by atoms with Crippen LogP contribution in [-0.4, -0.2) is 12.5 Å². The summed E-state index contributed by atoms with van der Waals surface area (Å²) in [6.45, 7) is 4.19. The van der Waals surface area contributed by atoms with Crippen molar-refractivity contribution in [2.75, 3.05) is 11.9 Å². The summed E-state index contributed by atoms with van der Waals surface area (Å²) in [7, 11) is 0. The zero-order chi connectivity index (χ0) is 10.6. The molecule has 3 N–H and O–H groups in total. The Balaban J connectivity index is 2.78. The molecule has 0 atom stereocenters. The number of nitrogens with zero attached hydrogens (tertiary/aromatic N) is 1. The fourth-order valence-corrected chi connectivity index (χ4v) is 1.03. The zero-order valence-corrected chi connectivity index (χ0v) is 8.34. The first-order valence-corrected chi connectivity index (χ1v) is 4.46. The molecule has 0 spiro atoms. The molecule has 0 aromatic heterocycles. The van der Waals surface area contributed by atoms with Gasteiger partial charge in [0.05, 0.1) is 0 Å². The quantitative estimate of drug-likeness (QED) is 0.559. The van der Waals surface area contributed by atoms with E-state index < -0.39 is 0 Å². The SMILES string of the molecule is CCN=C(N)Nc1ccc(C)c(F)c1. The van der Waals surface area contributed by atoms with E-state index >= 15 is 0 Å². The van der Waals surface area contributed by atoms with E-state index in [2.05, 4.69) is 10.3 Å². The first-order valence-electron chi connectivity index (χ1n) is 4.46. The Morgan fingerprint density at radius 2 is 2.29 bits per heavy atom. The number of nitrogens with two attached hydrogens (primary N) is 1. The molecule has 0 fully saturated rings. The minimum atomic E-state index is -0.251. The lowest BCUT2D eigenvalue weighted by molar-refractivity contribution is 0.619. The number of hydrogen-bond acceptors (Lipinski definition) is 1. The fraction of sp³-hybridized carbons (Fsp3) is 0.300. The second-order valence-corrected chi connectivity index (χ2v) is 2.95. The van der Waals surface area contributed by atoms with Crippen molar-refractivity contribution < 1.29 is 4.39 Å². The zero-order valence-electron chi connectivity index (χ0n) is 8.34. The van der Waals surface area contributed by atoms with Gasteiger partial charge in [-0.15, -0.1) is 0 Å². The second kappa shape index (κ2) is 4.60. The van der Waals surface area contributed by atoms with Gasteiger partial charge in [0.1, 0.15) is 5.82 Å². The van der Waals surface area contributed by atoms with Gasteiger partial charge in [-0.2, -0.15) is 0 Å². The highest BCUT2D eigenvalue weighted by Crippen LogP contribution is 2.12. The molecule has 3 nitrogen and oxygen atoms in total. The van der Waals surface area contributed by atoms with Crippen LogP contribution in [0.4, 0.5) is 10.1 Å². The van der Waals surface area contributed by atoms with Crippen LogP contribution >= 0.6 is 0 Å². The molecule has 76 valence electrons. The van der Waals surface area contributed by atoms with Crippen LogP contribution in [-0.2, 0) is 0 Å². The number of hydrogen-bond donors (Lipinski definition) is 2. The molecule has 0 amide bonds. The van der Waals surface area contributed by atoms with Gasteiger partial charge in [-0.3, -0.25) is 4.99 Å². The van der Waals surface area contributed by atoms with Gasteiger partial charge in [-0.05, 0) is 31.5 Å². The summed E-state index contributed by atoms with van der Waals surface area (Å²) in [5.74, 6) is 0.0510. The van der Waals surface area contributed by atoms with Crippen molar-refractivity contribution in [2.24, 2.45) is 10.7 Å². The van der Waals surface area contributed by atoms with E-state index in [9.17, 15) is 4.39 Å². The summed E-state index contributed by atoms with van der Waals surface area (Å²) in [6.07, 6.45) is 0. The molecule has 0 aliphatic rings. The van der Waals surface area contributed by atoms with Crippen LogP contribution < -0.4 is 11.1 Å². The maximum atomic E-state index is 13.1. The molecule has 0 unspecified atom stereocenters. The van der Waals surface area contributed by atoms with Gasteiger partial charge >= 0.3 is 0 Å². The number of aliphatic imine (C=N–C) groups is 1. The van der Waals surface area contributed by atoms with Crippen molar-refractivity contribution in [3.8, 4) is 0 Å². The van der Waals surface area contributed by atoms with Crippen LogP contribution in [0.15, 0.2) is 23.2 Å². The van der Waals surface area contributed by atoms with Gasteiger partial charge in [0.25, 0.3) is 0 Å². The standard InChI is InChI=1S/C10H14FN3/c1-3-13-10(12)14-8-5-4-7(2)9(11)6-8/h4-6H,3H2,1-2H3,(H3,12,13,14). The molecule has 0 radical (unpaired) electrons. The highest BCUT2D eigenvalue weighted by Gasteiger charge is 1.99. The number of anilines is 1. The Kier molecular flexibility index (Phi) is 3.45. The molecule has 0 saturated carbocycles. The maximum absolute atomic E-state index is 13.1. The molecule has 1 aromatic rings. The van der Waals surface area contributed by atoms with E-state index in [1.54, 1.807) is 19.1 Å². The third-order valence-electron chi connectivity index (χ3n) is 1.77. The number of rotatable bonds is 2. The molecule has 1 aromatic carbocycles. The second-order valence-electron chi connectivity index (χ2n) is 2.95. The average Bonchev–Trinajstić information content (AvgIpc) is 2.12. The minimum absolute atomic E-state index is 0.251. The third kappa shape index (κ3) is 2.73. The van der Waals surface area contributed by atoms with Crippen molar-refractivity contribution in [3.05, 3.63) is 29.6 Å². The van der Waals surface area contributed by atoms with Gasteiger partial charge in [-0.25, -0.2) is 4.39 Å². The molecule has 14 heavy (non-hydrogen) atoms. The van der Waals surface area contributed by atoms with Gasteiger partial charge in [-0.1, -0.05) is 6.07 Å². The summed E-state index contributed by atoms with van der Waals surface area (Å²) < 4.78 is 13.1. The smallest absolute Gasteiger partial charge is 0.193 e. The minimum Gasteiger partial charge on any atom is -0.370 e. The summed E-state index contributed by atoms with van der Waals surface area (Å²) in [4.78, 5) is 3.93. The van der Waals surface area contributed by atoms with Gasteiger partial charge in [0.15, 0.2) is 5.96 Å². The van der Waals surface area contributed by atoms with Crippen molar-refractivity contribution >= 4 is 11.6 Å². The average molecular weight is 195 g/mol. The number of halogens is 1. The van der Waals surface area contributed by atoms with Crippen LogP contribution in [0.3, 0.4) is 0 Å². The van der Waals surface area contributed by atoms with Gasteiger partial charge in [0.2, 0.25) is 0 Å². The highest BCUT2D eigenvalue weighted by molar-refractivity contribution is 5.92. The number of aryl methyl sites for hydroxylation is 1. The van der Waals surface area contributed by atoms with Crippen LogP contribution in [0.5, 0.6) is 0 Å². The molecule has 0 aliphatic heterocycles. The van der Waals surface area contributed by atoms with E-state index in [0.717, 1.165) is 0 Å². The number of benzene rings is 1. The molecule has 0 aliphatic carbocycles. The summed E-state index contributed by atoms with van der Waals surface area (Å²) >= 11 is 0. The summed E-state index contributed by atoms with van der Waals surface area (Å²) in [6, 6.07) is 4.85. The first kappa shape index (κ1) is 10.5. The third-order valence-corrected chi connectivity index (χ3v) is 1.77. The highest BCUT2D eigenvalue weighted by atomic mass is 19.1. The predicted molar refractivity (Wildman–Crippen MR) is 56.9 cm³/mol. The monoisotopic (exact) mass is 195 g/mol. The predicted octanol–water partition coefficient (Wildman–Crippen LogP) is 1.88. The van der Waals surface area contributed by atoms with Crippen molar-refractivity contribution in [1.82, 2.24) is 0 Å². The van der Waals surface area contributed by atoms with E-state index in [4.69, 9.17) is 5.73 Å². The van der Waals surface area contributed by atoms with Crippen LogP contribution in [0.1, 0.15) is 12.5 Å². The van der Waals surface area contributed by atoms with Crippen molar-refractivity contribution in [2.45, 2.75) is 13.8 Å². The molecular weight excluding hydrogens is 181 g/mol. The number of nitrogens with one attached hydrogen (secondary N) is 1. The summed E-state index contributed by atoms with van der Waals surface area (Å²) in [5.41, 5.74) is 6.75. The Hall–Kier alpha value is -1.58. The Morgan fingerprint density at radius 3 is 2.86 bits per heavy atom. The molecule has 1 rings (SSSR count). The number of guanidine groups is 1. The van der Waals surface area contributed by atoms with Crippen LogP contribution in [0.25, 0.3) is 0 Å². The lowest BCUT2D eigenvalue weighted by Crippen LogP contribution is -2.22. The van der Waals surface area contributed by atoms with Crippen molar-refractivity contribution in [3.63, 3.8) is 0 Å². The van der Waals surface area contributed by atoms with Crippen LogP contribution in [0, 0.1) is 12.7 Å². The molecule has 0 heterocycles. The molecule has 0 saturated heterocycles. The molecule has 0 bridgehead atoms. The van der Waals surface area contributed by atoms with E-state index in [0.29, 0.717) is 23.8 Å². The maximum Gasteiger partial charge on any atom is 0.193 e. The fourth-order valence-electron chi connectivity index (χ4n) is 1.03. The Labute approximate surface area is 82.8 Å². The van der Waals surface area contributed by atoms with E-state index in [1.807, 2.05) is 6.92 Å². The molecule has 4 heteroatoms. The van der Waals surface area contributed by atoms with Gasteiger partial charge in [0, 0.05) is 12.2 Å². The normalized spacial score (nSPS) is 11.5.